The molecule has 0 aliphatic heterocycles. The summed E-state index contributed by atoms with van der Waals surface area (Å²) in [5.74, 6) is -0.703. The molecule has 1 aromatic heterocycles. The summed E-state index contributed by atoms with van der Waals surface area (Å²) in [5.41, 5.74) is 1.16. The van der Waals surface area contributed by atoms with E-state index in [1.165, 1.54) is 16.2 Å². The molecule has 1 heterocycles. The van der Waals surface area contributed by atoms with E-state index in [0.717, 1.165) is 5.52 Å². The van der Waals surface area contributed by atoms with Gasteiger partial charge in [0.05, 0.1) is 24.2 Å². The van der Waals surface area contributed by atoms with Crippen molar-refractivity contribution in [3.8, 4) is 0 Å². The van der Waals surface area contributed by atoms with Crippen LogP contribution in [0.25, 0.3) is 11.0 Å². The summed E-state index contributed by atoms with van der Waals surface area (Å²) in [6.07, 6.45) is 0. The number of fused-ring (bicyclic) bond motifs is 1. The molecule has 8 nitrogen and oxygen atoms in total. The van der Waals surface area contributed by atoms with Crippen LogP contribution in [0.3, 0.4) is 0 Å². The molecule has 124 valence electrons. The monoisotopic (exact) mass is 320 g/mol. The molecule has 2 rings (SSSR count). The lowest BCUT2D eigenvalue weighted by molar-refractivity contribution is -0.126. The first-order chi connectivity index (χ1) is 11.0. The summed E-state index contributed by atoms with van der Waals surface area (Å²) in [7, 11) is 3.19. The molecule has 23 heavy (non-hydrogen) atoms. The highest BCUT2D eigenvalue weighted by Crippen LogP contribution is 2.10. The summed E-state index contributed by atoms with van der Waals surface area (Å²) >= 11 is 0. The molecule has 0 aliphatic carbocycles. The first-order valence-corrected chi connectivity index (χ1v) is 7.21. The molecule has 0 atom stereocenters. The van der Waals surface area contributed by atoms with Crippen LogP contribution < -0.4 is 16.3 Å². The topological polar surface area (TPSA) is 94.4 Å². The Labute approximate surface area is 133 Å². The van der Waals surface area contributed by atoms with Crippen LogP contribution >= 0.6 is 0 Å². The van der Waals surface area contributed by atoms with E-state index in [1.54, 1.807) is 19.2 Å². The molecule has 0 saturated carbocycles. The molecule has 0 spiro atoms. The zero-order valence-electron chi connectivity index (χ0n) is 13.2. The number of aromatic nitrogens is 2. The number of nitrogens with one attached hydrogen (secondary N) is 2. The molecular weight excluding hydrogens is 300 g/mol. The maximum atomic E-state index is 12.2. The molecule has 0 unspecified atom stereocenters. The van der Waals surface area contributed by atoms with Gasteiger partial charge < -0.3 is 15.4 Å². The average Bonchev–Trinajstić information content (AvgIpc) is 2.79. The third-order valence-electron chi connectivity index (χ3n) is 3.43. The lowest BCUT2D eigenvalue weighted by Crippen LogP contribution is -2.40. The number of carbonyl (C=O) groups excluding carboxylic acids is 2. The van der Waals surface area contributed by atoms with Crippen molar-refractivity contribution in [2.45, 2.75) is 6.54 Å². The van der Waals surface area contributed by atoms with E-state index in [-0.39, 0.29) is 24.7 Å². The molecule has 1 aromatic carbocycles. The largest absolute Gasteiger partial charge is 0.383 e. The fourth-order valence-electron chi connectivity index (χ4n) is 2.25. The third-order valence-corrected chi connectivity index (χ3v) is 3.43. The number of imidazole rings is 1. The van der Waals surface area contributed by atoms with Gasteiger partial charge in [-0.15, -0.1) is 0 Å². The van der Waals surface area contributed by atoms with Gasteiger partial charge in [-0.3, -0.25) is 18.7 Å². The fraction of sp³-hybridized carbons (Fsp3) is 0.400. The average molecular weight is 320 g/mol. The Kier molecular flexibility index (Phi) is 5.53. The number of hydrogen-bond acceptors (Lipinski definition) is 4. The summed E-state index contributed by atoms with van der Waals surface area (Å²) in [4.78, 5) is 35.7. The van der Waals surface area contributed by atoms with Crippen LogP contribution in [-0.4, -0.2) is 47.8 Å². The molecule has 0 radical (unpaired) electrons. The van der Waals surface area contributed by atoms with Crippen LogP contribution in [0.15, 0.2) is 29.1 Å². The lowest BCUT2D eigenvalue weighted by Gasteiger charge is -2.07. The van der Waals surface area contributed by atoms with Crippen molar-refractivity contribution < 1.29 is 14.3 Å². The van der Waals surface area contributed by atoms with Crippen molar-refractivity contribution in [1.29, 1.82) is 0 Å². The van der Waals surface area contributed by atoms with Crippen LogP contribution in [-0.2, 0) is 27.9 Å². The molecule has 0 aliphatic rings. The van der Waals surface area contributed by atoms with Crippen LogP contribution in [0.2, 0.25) is 0 Å². The van der Waals surface area contributed by atoms with Gasteiger partial charge in [0.25, 0.3) is 0 Å². The van der Waals surface area contributed by atoms with Gasteiger partial charge in [0.15, 0.2) is 0 Å². The number of rotatable bonds is 7. The highest BCUT2D eigenvalue weighted by molar-refractivity contribution is 5.85. The van der Waals surface area contributed by atoms with Crippen LogP contribution in [0.5, 0.6) is 0 Å². The van der Waals surface area contributed by atoms with E-state index in [1.807, 2.05) is 12.1 Å². The van der Waals surface area contributed by atoms with E-state index in [9.17, 15) is 14.4 Å². The number of para-hydroxylation sites is 2. The van der Waals surface area contributed by atoms with Gasteiger partial charge in [-0.2, -0.15) is 0 Å². The van der Waals surface area contributed by atoms with Gasteiger partial charge >= 0.3 is 5.69 Å². The van der Waals surface area contributed by atoms with Crippen LogP contribution in [0, 0.1) is 0 Å². The highest BCUT2D eigenvalue weighted by Gasteiger charge is 2.13. The maximum Gasteiger partial charge on any atom is 0.329 e. The summed E-state index contributed by atoms with van der Waals surface area (Å²) < 4.78 is 7.68. The predicted octanol–water partition coefficient (Wildman–Crippen LogP) is -0.781. The minimum atomic E-state index is -0.398. The van der Waals surface area contributed by atoms with E-state index >= 15 is 0 Å². The molecule has 2 amide bonds. The van der Waals surface area contributed by atoms with Gasteiger partial charge in [-0.25, -0.2) is 4.79 Å². The summed E-state index contributed by atoms with van der Waals surface area (Å²) in [6.45, 7) is 0.521. The van der Waals surface area contributed by atoms with E-state index < -0.39 is 5.91 Å². The normalized spacial score (nSPS) is 10.7. The van der Waals surface area contributed by atoms with Gasteiger partial charge in [0, 0.05) is 20.7 Å². The Morgan fingerprint density at radius 3 is 2.52 bits per heavy atom. The minimum absolute atomic E-state index is 0.133. The number of hydrogen-bond donors (Lipinski definition) is 2. The first kappa shape index (κ1) is 16.8. The minimum Gasteiger partial charge on any atom is -0.383 e. The number of aryl methyl sites for hydroxylation is 1. The SMILES string of the molecule is COCCNC(=O)CNC(=O)Cn1c(=O)n(C)c2ccccc21. The van der Waals surface area contributed by atoms with Crippen molar-refractivity contribution in [3.05, 3.63) is 34.7 Å². The molecule has 0 bridgehead atoms. The Balaban J connectivity index is 1.97. The van der Waals surface area contributed by atoms with Gasteiger partial charge in [-0.1, -0.05) is 12.1 Å². The number of nitrogens with zero attached hydrogens (tertiary/aromatic N) is 2. The zero-order valence-corrected chi connectivity index (χ0v) is 13.2. The number of ether oxygens (including phenoxy) is 1. The Morgan fingerprint density at radius 1 is 1.13 bits per heavy atom. The summed E-state index contributed by atoms with van der Waals surface area (Å²) in [5, 5.41) is 5.09. The number of amides is 2. The molecule has 2 N–H and O–H groups in total. The van der Waals surface area contributed by atoms with E-state index in [2.05, 4.69) is 10.6 Å². The second-order valence-electron chi connectivity index (χ2n) is 5.04. The molecule has 2 aromatic rings. The van der Waals surface area contributed by atoms with Crippen molar-refractivity contribution >= 4 is 22.8 Å². The lowest BCUT2D eigenvalue weighted by atomic mass is 10.3. The van der Waals surface area contributed by atoms with Crippen molar-refractivity contribution in [1.82, 2.24) is 19.8 Å². The van der Waals surface area contributed by atoms with Crippen LogP contribution in [0.1, 0.15) is 0 Å². The fourth-order valence-corrected chi connectivity index (χ4v) is 2.25. The number of methoxy groups -OCH3 is 1. The van der Waals surface area contributed by atoms with E-state index in [4.69, 9.17) is 4.74 Å². The first-order valence-electron chi connectivity index (χ1n) is 7.21. The summed E-state index contributed by atoms with van der Waals surface area (Å²) in [6, 6.07) is 7.23. The zero-order chi connectivity index (χ0) is 16.8. The Hall–Kier alpha value is -2.61. The third kappa shape index (κ3) is 3.98. The maximum absolute atomic E-state index is 12.2. The second-order valence-corrected chi connectivity index (χ2v) is 5.04. The van der Waals surface area contributed by atoms with Gasteiger partial charge in [-0.05, 0) is 12.1 Å². The van der Waals surface area contributed by atoms with Gasteiger partial charge in [0.1, 0.15) is 6.54 Å². The van der Waals surface area contributed by atoms with Crippen molar-refractivity contribution in [2.24, 2.45) is 7.05 Å². The van der Waals surface area contributed by atoms with Crippen molar-refractivity contribution in [2.75, 3.05) is 26.8 Å². The molecule has 0 saturated heterocycles. The number of benzene rings is 1. The second kappa shape index (κ2) is 7.59. The van der Waals surface area contributed by atoms with Gasteiger partial charge in [0.2, 0.25) is 11.8 Å². The number of carbonyl (C=O) groups is 2. The van der Waals surface area contributed by atoms with E-state index in [0.29, 0.717) is 18.7 Å². The smallest absolute Gasteiger partial charge is 0.329 e. The standard InChI is InChI=1S/C15H20N4O4/c1-18-11-5-3-4-6-12(11)19(15(18)22)10-14(21)17-9-13(20)16-7-8-23-2/h3-6H,7-10H2,1-2H3,(H,16,20)(H,17,21). The quantitative estimate of drug-likeness (QED) is 0.654. The Bertz CT molecular complexity index is 762. The van der Waals surface area contributed by atoms with Crippen LogP contribution in [0.4, 0.5) is 0 Å². The molecular formula is C15H20N4O4. The van der Waals surface area contributed by atoms with Crippen molar-refractivity contribution in [3.63, 3.8) is 0 Å². The predicted molar refractivity (Wildman–Crippen MR) is 85.1 cm³/mol. The molecule has 8 heteroatoms. The Morgan fingerprint density at radius 2 is 1.83 bits per heavy atom. The highest BCUT2D eigenvalue weighted by atomic mass is 16.5. The molecule has 0 fully saturated rings.